The van der Waals surface area contributed by atoms with Crippen LogP contribution in [0.1, 0.15) is 12.8 Å². The van der Waals surface area contributed by atoms with Crippen LogP contribution in [-0.2, 0) is 14.8 Å². The Morgan fingerprint density at radius 2 is 1.80 bits per heavy atom. The Bertz CT molecular complexity index is 974. The van der Waals surface area contributed by atoms with Crippen LogP contribution < -0.4 is 14.4 Å². The Labute approximate surface area is 176 Å². The Kier molecular flexibility index (Phi) is 6.94. The van der Waals surface area contributed by atoms with E-state index in [9.17, 15) is 17.6 Å². The number of hydrogen-bond acceptors (Lipinski definition) is 5. The number of likely N-dealkylation sites (tertiary alicyclic amines) is 1. The van der Waals surface area contributed by atoms with Crippen molar-refractivity contribution in [2.24, 2.45) is 0 Å². The molecule has 1 amide bonds. The van der Waals surface area contributed by atoms with Crippen LogP contribution in [0.3, 0.4) is 0 Å². The number of sulfonamides is 1. The lowest BCUT2D eigenvalue weighted by Crippen LogP contribution is -2.38. The summed E-state index contributed by atoms with van der Waals surface area (Å²) >= 11 is 0. The van der Waals surface area contributed by atoms with Gasteiger partial charge in [0, 0.05) is 18.8 Å². The summed E-state index contributed by atoms with van der Waals surface area (Å²) in [7, 11) is -1.76. The van der Waals surface area contributed by atoms with Crippen LogP contribution in [0.5, 0.6) is 5.75 Å². The van der Waals surface area contributed by atoms with Crippen molar-refractivity contribution in [2.75, 3.05) is 42.6 Å². The maximum absolute atomic E-state index is 14.1. The van der Waals surface area contributed by atoms with Gasteiger partial charge in [-0.05, 0) is 56.3 Å². The number of halogens is 1. The third-order valence-electron chi connectivity index (χ3n) is 4.92. The van der Waals surface area contributed by atoms with Gasteiger partial charge in [-0.3, -0.25) is 9.10 Å². The molecule has 9 heteroatoms. The lowest BCUT2D eigenvalue weighted by molar-refractivity contribution is -0.114. The number of ether oxygens (including phenoxy) is 1. The van der Waals surface area contributed by atoms with E-state index in [0.717, 1.165) is 42.6 Å². The van der Waals surface area contributed by atoms with Gasteiger partial charge in [0.15, 0.2) is 0 Å². The first kappa shape index (κ1) is 22.0. The SMILES string of the molecule is CN1CCC(Oc2ccc(NC(=O)CN(c3ccccc3F)S(C)(=O)=O)cc2)CC1. The van der Waals surface area contributed by atoms with Crippen molar-refractivity contribution in [1.29, 1.82) is 0 Å². The predicted octanol–water partition coefficient (Wildman–Crippen LogP) is 2.70. The number of piperidine rings is 1. The van der Waals surface area contributed by atoms with E-state index in [-0.39, 0.29) is 11.8 Å². The molecule has 0 bridgehead atoms. The van der Waals surface area contributed by atoms with Gasteiger partial charge in [-0.2, -0.15) is 0 Å². The van der Waals surface area contributed by atoms with Crippen LogP contribution in [0.4, 0.5) is 15.8 Å². The lowest BCUT2D eigenvalue weighted by atomic mass is 10.1. The van der Waals surface area contributed by atoms with Gasteiger partial charge in [-0.25, -0.2) is 12.8 Å². The second-order valence-corrected chi connectivity index (χ2v) is 9.32. The van der Waals surface area contributed by atoms with Gasteiger partial charge < -0.3 is 15.0 Å². The summed E-state index contributed by atoms with van der Waals surface area (Å²) in [4.78, 5) is 14.7. The van der Waals surface area contributed by atoms with E-state index >= 15 is 0 Å². The minimum atomic E-state index is -3.85. The van der Waals surface area contributed by atoms with E-state index in [2.05, 4.69) is 17.3 Å². The normalized spacial score (nSPS) is 15.6. The van der Waals surface area contributed by atoms with Crippen molar-refractivity contribution in [2.45, 2.75) is 18.9 Å². The predicted molar refractivity (Wildman–Crippen MR) is 115 cm³/mol. The molecule has 0 saturated carbocycles. The Balaban J connectivity index is 1.61. The van der Waals surface area contributed by atoms with E-state index in [4.69, 9.17) is 4.74 Å². The summed E-state index contributed by atoms with van der Waals surface area (Å²) in [5.74, 6) is -0.578. The highest BCUT2D eigenvalue weighted by Gasteiger charge is 2.23. The van der Waals surface area contributed by atoms with Crippen LogP contribution >= 0.6 is 0 Å². The fraction of sp³-hybridized carbons (Fsp3) is 0.381. The number of nitrogens with zero attached hydrogens (tertiary/aromatic N) is 2. The zero-order valence-corrected chi connectivity index (χ0v) is 17.9. The molecule has 30 heavy (non-hydrogen) atoms. The zero-order valence-electron chi connectivity index (χ0n) is 17.0. The third kappa shape index (κ3) is 5.93. The topological polar surface area (TPSA) is 79.0 Å². The molecule has 1 aliphatic rings. The number of rotatable bonds is 7. The first-order valence-electron chi connectivity index (χ1n) is 9.70. The molecule has 1 saturated heterocycles. The van der Waals surface area contributed by atoms with Crippen molar-refractivity contribution >= 4 is 27.3 Å². The first-order chi connectivity index (χ1) is 14.2. The number of benzene rings is 2. The lowest BCUT2D eigenvalue weighted by Gasteiger charge is -2.29. The van der Waals surface area contributed by atoms with Crippen molar-refractivity contribution in [3.05, 3.63) is 54.3 Å². The van der Waals surface area contributed by atoms with Gasteiger partial charge in [-0.1, -0.05) is 12.1 Å². The minimum absolute atomic E-state index is 0.169. The Hall–Kier alpha value is -2.65. The smallest absolute Gasteiger partial charge is 0.245 e. The minimum Gasteiger partial charge on any atom is -0.490 e. The standard InChI is InChI=1S/C21H26FN3O4S/c1-24-13-11-18(12-14-24)29-17-9-7-16(8-10-17)23-21(26)15-25(30(2,27)28)20-6-4-3-5-19(20)22/h3-10,18H,11-15H2,1-2H3,(H,23,26). The maximum atomic E-state index is 14.1. The molecule has 7 nitrogen and oxygen atoms in total. The molecule has 1 heterocycles. The van der Waals surface area contributed by atoms with Gasteiger partial charge in [0.2, 0.25) is 15.9 Å². The number of hydrogen-bond donors (Lipinski definition) is 1. The van der Waals surface area contributed by atoms with Crippen LogP contribution in [0, 0.1) is 5.82 Å². The average molecular weight is 436 g/mol. The second-order valence-electron chi connectivity index (χ2n) is 7.41. The molecule has 1 aliphatic heterocycles. The quantitative estimate of drug-likeness (QED) is 0.724. The summed E-state index contributed by atoms with van der Waals surface area (Å²) in [6, 6.07) is 12.3. The Morgan fingerprint density at radius 3 is 2.40 bits per heavy atom. The summed E-state index contributed by atoms with van der Waals surface area (Å²) in [5, 5.41) is 2.64. The average Bonchev–Trinajstić information content (AvgIpc) is 2.69. The first-order valence-corrected chi connectivity index (χ1v) is 11.5. The molecular formula is C21H26FN3O4S. The molecule has 162 valence electrons. The summed E-state index contributed by atoms with van der Waals surface area (Å²) in [6.45, 7) is 1.46. The summed E-state index contributed by atoms with van der Waals surface area (Å²) in [6.07, 6.45) is 3.03. The van der Waals surface area contributed by atoms with Crippen LogP contribution in [-0.4, -0.2) is 58.3 Å². The van der Waals surface area contributed by atoms with Crippen molar-refractivity contribution in [3.63, 3.8) is 0 Å². The molecule has 2 aromatic carbocycles. The molecule has 0 spiro atoms. The molecule has 1 fully saturated rings. The number of amides is 1. The largest absolute Gasteiger partial charge is 0.490 e. The van der Waals surface area contributed by atoms with Gasteiger partial charge >= 0.3 is 0 Å². The fourth-order valence-corrected chi connectivity index (χ4v) is 4.14. The maximum Gasteiger partial charge on any atom is 0.245 e. The molecule has 1 N–H and O–H groups in total. The van der Waals surface area contributed by atoms with Crippen molar-refractivity contribution < 1.29 is 22.3 Å². The van der Waals surface area contributed by atoms with Crippen LogP contribution in [0.25, 0.3) is 0 Å². The molecule has 0 aliphatic carbocycles. The fourth-order valence-electron chi connectivity index (χ4n) is 3.28. The van der Waals surface area contributed by atoms with Gasteiger partial charge in [-0.15, -0.1) is 0 Å². The third-order valence-corrected chi connectivity index (χ3v) is 6.04. The monoisotopic (exact) mass is 435 g/mol. The number of carbonyl (C=O) groups excluding carboxylic acids is 1. The van der Waals surface area contributed by atoms with E-state index < -0.39 is 28.3 Å². The second kappa shape index (κ2) is 9.44. The Morgan fingerprint density at radius 1 is 1.17 bits per heavy atom. The van der Waals surface area contributed by atoms with Gasteiger partial charge in [0.1, 0.15) is 24.2 Å². The zero-order chi connectivity index (χ0) is 21.7. The molecule has 0 radical (unpaired) electrons. The molecular weight excluding hydrogens is 409 g/mol. The van der Waals surface area contributed by atoms with E-state index in [0.29, 0.717) is 11.4 Å². The van der Waals surface area contributed by atoms with E-state index in [1.165, 1.54) is 18.2 Å². The number of carbonyl (C=O) groups is 1. The number of para-hydroxylation sites is 1. The number of anilines is 2. The highest BCUT2D eigenvalue weighted by Crippen LogP contribution is 2.23. The van der Waals surface area contributed by atoms with E-state index in [1.807, 2.05) is 0 Å². The number of nitrogens with one attached hydrogen (secondary N) is 1. The highest BCUT2D eigenvalue weighted by molar-refractivity contribution is 7.92. The van der Waals surface area contributed by atoms with Crippen LogP contribution in [0.2, 0.25) is 0 Å². The van der Waals surface area contributed by atoms with Crippen molar-refractivity contribution in [1.82, 2.24) is 4.90 Å². The summed E-state index contributed by atoms with van der Waals surface area (Å²) in [5.41, 5.74) is 0.328. The van der Waals surface area contributed by atoms with Gasteiger partial charge in [0.05, 0.1) is 11.9 Å². The molecule has 3 rings (SSSR count). The van der Waals surface area contributed by atoms with Crippen molar-refractivity contribution in [3.8, 4) is 5.75 Å². The van der Waals surface area contributed by atoms with E-state index in [1.54, 1.807) is 24.3 Å². The molecule has 2 aromatic rings. The molecule has 0 unspecified atom stereocenters. The molecule has 0 atom stereocenters. The van der Waals surface area contributed by atoms with Gasteiger partial charge in [0.25, 0.3) is 0 Å². The molecule has 0 aromatic heterocycles. The van der Waals surface area contributed by atoms with Crippen LogP contribution in [0.15, 0.2) is 48.5 Å². The highest BCUT2D eigenvalue weighted by atomic mass is 32.2. The summed E-state index contributed by atoms with van der Waals surface area (Å²) < 4.78 is 44.9.